The van der Waals surface area contributed by atoms with E-state index in [9.17, 15) is 14.7 Å². The summed E-state index contributed by atoms with van der Waals surface area (Å²) in [6.45, 7) is 4.06. The van der Waals surface area contributed by atoms with E-state index in [0.717, 1.165) is 70.6 Å². The summed E-state index contributed by atoms with van der Waals surface area (Å²) in [6, 6.07) is 0. The van der Waals surface area contributed by atoms with Crippen molar-refractivity contribution in [3.8, 4) is 0 Å². The van der Waals surface area contributed by atoms with Gasteiger partial charge in [-0.05, 0) is 51.4 Å². The topological polar surface area (TPSA) is 72.8 Å². The van der Waals surface area contributed by atoms with Crippen LogP contribution in [-0.4, -0.2) is 36.4 Å². The molecular weight excluding hydrogens is 753 g/mol. The highest BCUT2D eigenvalue weighted by atomic mass is 16.6. The number of hydrogen-bond donors (Lipinski definition) is 1. The Morgan fingerprint density at radius 2 is 0.705 bits per heavy atom. The highest BCUT2D eigenvalue weighted by molar-refractivity contribution is 5.70. The van der Waals surface area contributed by atoms with E-state index < -0.39 is 6.10 Å². The van der Waals surface area contributed by atoms with Gasteiger partial charge in [-0.1, -0.05) is 262 Å². The molecule has 1 atom stereocenters. The number of aliphatic hydroxyl groups is 1. The molecule has 0 aliphatic heterocycles. The van der Waals surface area contributed by atoms with E-state index in [4.69, 9.17) is 9.47 Å². The maximum absolute atomic E-state index is 12.3. The van der Waals surface area contributed by atoms with E-state index >= 15 is 0 Å². The monoisotopic (exact) mass is 855 g/mol. The first kappa shape index (κ1) is 58.9. The number of ether oxygens (including phenoxy) is 2. The Morgan fingerprint density at radius 3 is 1.07 bits per heavy atom. The predicted molar refractivity (Wildman–Crippen MR) is 265 cm³/mol. The number of esters is 2. The van der Waals surface area contributed by atoms with Crippen LogP contribution in [0.25, 0.3) is 0 Å². The first-order valence-corrected chi connectivity index (χ1v) is 26.7. The van der Waals surface area contributed by atoms with Gasteiger partial charge in [0.2, 0.25) is 0 Å². The molecule has 0 aromatic rings. The van der Waals surface area contributed by atoms with Gasteiger partial charge in [-0.3, -0.25) is 9.59 Å². The second kappa shape index (κ2) is 52.2. The fourth-order valence-corrected chi connectivity index (χ4v) is 7.90. The van der Waals surface area contributed by atoms with E-state index in [1.54, 1.807) is 0 Å². The van der Waals surface area contributed by atoms with E-state index in [2.05, 4.69) is 62.5 Å². The average molecular weight is 855 g/mol. The van der Waals surface area contributed by atoms with Crippen molar-refractivity contribution in [1.29, 1.82) is 0 Å². The fraction of sp³-hybridized carbons (Fsp3) is 0.821. The number of carbonyl (C=O) groups is 2. The number of aliphatic hydroxyl groups excluding tert-OH is 1. The zero-order valence-corrected chi connectivity index (χ0v) is 40.7. The molecule has 0 fully saturated rings. The Bertz CT molecular complexity index is 1010. The Morgan fingerprint density at radius 1 is 0.393 bits per heavy atom. The summed E-state index contributed by atoms with van der Waals surface area (Å²) in [7, 11) is 0. The molecule has 0 saturated carbocycles. The van der Waals surface area contributed by atoms with Crippen molar-refractivity contribution in [3.63, 3.8) is 0 Å². The molecule has 0 bridgehead atoms. The zero-order chi connectivity index (χ0) is 44.2. The Hall–Kier alpha value is -2.14. The lowest BCUT2D eigenvalue weighted by Gasteiger charge is -2.15. The van der Waals surface area contributed by atoms with Crippen LogP contribution in [-0.2, 0) is 19.1 Å². The summed E-state index contributed by atoms with van der Waals surface area (Å²) in [5.41, 5.74) is 0. The van der Waals surface area contributed by atoms with Crippen molar-refractivity contribution >= 4 is 11.9 Å². The summed E-state index contributed by atoms with van der Waals surface area (Å²) in [6.07, 6.45) is 67.9. The largest absolute Gasteiger partial charge is 0.462 e. The second-order valence-corrected chi connectivity index (χ2v) is 17.9. The number of unbranched alkanes of at least 4 members (excludes halogenated alkanes) is 33. The van der Waals surface area contributed by atoms with Crippen LogP contribution in [0.15, 0.2) is 48.6 Å². The van der Waals surface area contributed by atoms with Crippen molar-refractivity contribution in [1.82, 2.24) is 0 Å². The number of allylic oxidation sites excluding steroid dienone is 8. The van der Waals surface area contributed by atoms with Gasteiger partial charge in [0, 0.05) is 12.8 Å². The minimum Gasteiger partial charge on any atom is -0.462 e. The van der Waals surface area contributed by atoms with Gasteiger partial charge in [0.05, 0.1) is 6.61 Å². The van der Waals surface area contributed by atoms with Crippen molar-refractivity contribution < 1.29 is 24.2 Å². The van der Waals surface area contributed by atoms with Crippen LogP contribution in [0.1, 0.15) is 277 Å². The van der Waals surface area contributed by atoms with Crippen LogP contribution in [0, 0.1) is 0 Å². The molecular formula is C56H102O5. The summed E-state index contributed by atoms with van der Waals surface area (Å²) < 4.78 is 10.7. The standard InChI is InChI=1S/C56H102O5/c1-3-5-7-9-11-13-15-17-19-21-23-25-26-27-28-29-31-32-34-36-38-40-42-44-46-48-50-55(58)60-53-54(52-57)61-56(59)51-49-47-45-43-41-39-37-35-33-30-24-22-20-18-16-14-12-10-8-6-4-2/h6,8,12,14,18,20,24,30,54,57H,3-5,7,9-11,13,15-17,19,21-23,25-29,31-53H2,1-2H3/b8-6-,14-12-,20-18-,30-24-. The zero-order valence-electron chi connectivity index (χ0n) is 40.7. The molecule has 61 heavy (non-hydrogen) atoms. The number of hydrogen-bond acceptors (Lipinski definition) is 5. The van der Waals surface area contributed by atoms with Gasteiger partial charge < -0.3 is 14.6 Å². The molecule has 5 nitrogen and oxygen atoms in total. The molecule has 0 aliphatic rings. The number of carbonyl (C=O) groups excluding carboxylic acids is 2. The van der Waals surface area contributed by atoms with E-state index in [-0.39, 0.29) is 25.2 Å². The van der Waals surface area contributed by atoms with Gasteiger partial charge in [-0.25, -0.2) is 0 Å². The maximum atomic E-state index is 12.3. The summed E-state index contributed by atoms with van der Waals surface area (Å²) in [5, 5.41) is 9.63. The van der Waals surface area contributed by atoms with Crippen LogP contribution in [0.4, 0.5) is 0 Å². The van der Waals surface area contributed by atoms with Crippen molar-refractivity contribution in [2.75, 3.05) is 13.2 Å². The molecule has 0 saturated heterocycles. The molecule has 0 rings (SSSR count). The van der Waals surface area contributed by atoms with Crippen molar-refractivity contribution in [2.45, 2.75) is 283 Å². The molecule has 0 heterocycles. The van der Waals surface area contributed by atoms with E-state index in [1.807, 2.05) is 0 Å². The van der Waals surface area contributed by atoms with Crippen LogP contribution in [0.5, 0.6) is 0 Å². The lowest BCUT2D eigenvalue weighted by molar-refractivity contribution is -0.161. The SMILES string of the molecule is CC/C=C\C/C=C\C/C=C\C/C=C\CCCCCCCCCCC(=O)OC(CO)COC(=O)CCCCCCCCCCCCCCCCCCCCCCCCCCCC. The third-order valence-corrected chi connectivity index (χ3v) is 11.9. The molecule has 0 aliphatic carbocycles. The van der Waals surface area contributed by atoms with Crippen LogP contribution in [0.2, 0.25) is 0 Å². The van der Waals surface area contributed by atoms with Gasteiger partial charge in [0.1, 0.15) is 6.61 Å². The van der Waals surface area contributed by atoms with Gasteiger partial charge >= 0.3 is 11.9 Å². The normalized spacial score (nSPS) is 12.5. The molecule has 0 aromatic carbocycles. The van der Waals surface area contributed by atoms with Crippen molar-refractivity contribution in [3.05, 3.63) is 48.6 Å². The number of rotatable bonds is 49. The van der Waals surface area contributed by atoms with E-state index in [1.165, 1.54) is 180 Å². The quantitative estimate of drug-likeness (QED) is 0.0375. The lowest BCUT2D eigenvalue weighted by atomic mass is 10.0. The Kier molecular flexibility index (Phi) is 50.4. The lowest BCUT2D eigenvalue weighted by Crippen LogP contribution is -2.28. The van der Waals surface area contributed by atoms with Gasteiger partial charge in [-0.2, -0.15) is 0 Å². The third kappa shape index (κ3) is 50.4. The van der Waals surface area contributed by atoms with Gasteiger partial charge in [-0.15, -0.1) is 0 Å². The van der Waals surface area contributed by atoms with E-state index in [0.29, 0.717) is 12.8 Å². The first-order chi connectivity index (χ1) is 30.1. The highest BCUT2D eigenvalue weighted by Crippen LogP contribution is 2.17. The van der Waals surface area contributed by atoms with Crippen LogP contribution in [0.3, 0.4) is 0 Å². The average Bonchev–Trinajstić information content (AvgIpc) is 3.26. The van der Waals surface area contributed by atoms with Gasteiger partial charge in [0.15, 0.2) is 6.10 Å². The second-order valence-electron chi connectivity index (χ2n) is 17.9. The maximum Gasteiger partial charge on any atom is 0.306 e. The van der Waals surface area contributed by atoms with Gasteiger partial charge in [0.25, 0.3) is 0 Å². The summed E-state index contributed by atoms with van der Waals surface area (Å²) >= 11 is 0. The predicted octanol–water partition coefficient (Wildman–Crippen LogP) is 17.7. The molecule has 0 amide bonds. The molecule has 0 radical (unpaired) electrons. The van der Waals surface area contributed by atoms with Crippen LogP contribution >= 0.6 is 0 Å². The minimum absolute atomic E-state index is 0.0666. The van der Waals surface area contributed by atoms with Crippen LogP contribution < -0.4 is 0 Å². The molecule has 356 valence electrons. The summed E-state index contributed by atoms with van der Waals surface area (Å²) in [5.74, 6) is -0.588. The molecule has 5 heteroatoms. The third-order valence-electron chi connectivity index (χ3n) is 11.9. The molecule has 0 spiro atoms. The highest BCUT2D eigenvalue weighted by Gasteiger charge is 2.16. The molecule has 1 unspecified atom stereocenters. The smallest absolute Gasteiger partial charge is 0.306 e. The fourth-order valence-electron chi connectivity index (χ4n) is 7.90. The molecule has 0 aromatic heterocycles. The minimum atomic E-state index is -0.776. The first-order valence-electron chi connectivity index (χ1n) is 26.7. The molecule has 1 N–H and O–H groups in total. The Balaban J connectivity index is 3.46. The summed E-state index contributed by atoms with van der Waals surface area (Å²) in [4.78, 5) is 24.5. The Labute approximate surface area is 379 Å². The van der Waals surface area contributed by atoms with Crippen molar-refractivity contribution in [2.24, 2.45) is 0 Å².